The Morgan fingerprint density at radius 2 is 2.10 bits per heavy atom. The van der Waals surface area contributed by atoms with Gasteiger partial charge in [0.2, 0.25) is 10.0 Å². The van der Waals surface area contributed by atoms with Gasteiger partial charge in [0, 0.05) is 16.0 Å². The van der Waals surface area contributed by atoms with Gasteiger partial charge in [-0.25, -0.2) is 18.1 Å². The van der Waals surface area contributed by atoms with E-state index in [0.717, 1.165) is 34.3 Å². The van der Waals surface area contributed by atoms with E-state index in [9.17, 15) is 8.42 Å². The van der Waals surface area contributed by atoms with Crippen LogP contribution in [0.3, 0.4) is 0 Å². The van der Waals surface area contributed by atoms with Crippen molar-refractivity contribution in [3.05, 3.63) is 33.1 Å². The summed E-state index contributed by atoms with van der Waals surface area (Å²) in [5.74, 6) is 0. The van der Waals surface area contributed by atoms with E-state index in [0.29, 0.717) is 4.21 Å². The molecule has 116 valence electrons. The van der Waals surface area contributed by atoms with Crippen molar-refractivity contribution in [2.24, 2.45) is 0 Å². The zero-order valence-electron chi connectivity index (χ0n) is 12.0. The highest BCUT2D eigenvalue weighted by Gasteiger charge is 2.17. The summed E-state index contributed by atoms with van der Waals surface area (Å²) in [4.78, 5) is 6.30. The smallest absolute Gasteiger partial charge is 0.250 e. The van der Waals surface area contributed by atoms with E-state index in [2.05, 4.69) is 21.9 Å². The molecule has 2 heterocycles. The molecule has 0 aromatic carbocycles. The third-order valence-corrected chi connectivity index (χ3v) is 6.73. The first kappa shape index (κ1) is 16.6. The average Bonchev–Trinajstić information content (AvgIpc) is 3.06. The van der Waals surface area contributed by atoms with Crippen molar-refractivity contribution in [1.29, 1.82) is 0 Å². The van der Waals surface area contributed by atoms with E-state index < -0.39 is 10.0 Å². The minimum atomic E-state index is -3.44. The maximum Gasteiger partial charge on any atom is 0.250 e. The molecule has 0 unspecified atom stereocenters. The second kappa shape index (κ2) is 7.46. The van der Waals surface area contributed by atoms with Gasteiger partial charge in [-0.05, 0) is 38.6 Å². The number of likely N-dealkylation sites (N-methyl/N-ethyl adjacent to an activating group) is 1. The molecule has 0 atom stereocenters. The monoisotopic (exact) mass is 345 g/mol. The van der Waals surface area contributed by atoms with Gasteiger partial charge in [0.1, 0.15) is 9.22 Å². The number of hydrogen-bond donors (Lipinski definition) is 2. The number of rotatable bonds is 8. The molecule has 5 nitrogen and oxygen atoms in total. The zero-order valence-corrected chi connectivity index (χ0v) is 14.5. The van der Waals surface area contributed by atoms with Crippen LogP contribution in [0.2, 0.25) is 0 Å². The summed E-state index contributed by atoms with van der Waals surface area (Å²) in [6.45, 7) is 6.03. The highest BCUT2D eigenvalue weighted by Crippen LogP contribution is 2.22. The fourth-order valence-corrected chi connectivity index (χ4v) is 4.94. The van der Waals surface area contributed by atoms with Gasteiger partial charge in [0.25, 0.3) is 0 Å². The van der Waals surface area contributed by atoms with Crippen LogP contribution in [-0.4, -0.2) is 26.5 Å². The maximum absolute atomic E-state index is 12.2. The molecule has 0 fully saturated rings. The summed E-state index contributed by atoms with van der Waals surface area (Å²) in [6, 6.07) is 3.55. The van der Waals surface area contributed by atoms with E-state index in [4.69, 9.17) is 0 Å². The predicted octanol–water partition coefficient (Wildman–Crippen LogP) is 2.14. The second-order valence-corrected chi connectivity index (χ2v) is 8.99. The fourth-order valence-electron chi connectivity index (χ4n) is 1.74. The molecular weight excluding hydrogens is 326 g/mol. The Balaban J connectivity index is 1.95. The Morgan fingerprint density at radius 3 is 2.76 bits per heavy atom. The second-order valence-electron chi connectivity index (χ2n) is 4.51. The quantitative estimate of drug-likeness (QED) is 0.719. The largest absolute Gasteiger partial charge is 0.317 e. The molecule has 0 radical (unpaired) electrons. The SMILES string of the molecule is CCNCCc1ccc(S(=O)(=O)NCc2ncc(C)s2)s1. The third kappa shape index (κ3) is 4.86. The standard InChI is InChI=1S/C13H19N3O2S3/c1-3-14-7-6-11-4-5-13(20-11)21(17,18)16-9-12-15-8-10(2)19-12/h4-5,8,14,16H,3,6-7,9H2,1-2H3. The number of aryl methyl sites for hydroxylation is 1. The van der Waals surface area contributed by atoms with E-state index in [1.54, 1.807) is 12.3 Å². The molecule has 0 aliphatic carbocycles. The lowest BCUT2D eigenvalue weighted by Crippen LogP contribution is -2.22. The number of aromatic nitrogens is 1. The molecule has 21 heavy (non-hydrogen) atoms. The molecule has 0 saturated heterocycles. The van der Waals surface area contributed by atoms with Crippen LogP contribution in [0, 0.1) is 6.92 Å². The Bertz CT molecular complexity index is 676. The van der Waals surface area contributed by atoms with Gasteiger partial charge < -0.3 is 5.32 Å². The number of nitrogens with one attached hydrogen (secondary N) is 2. The van der Waals surface area contributed by atoms with Gasteiger partial charge >= 0.3 is 0 Å². The lowest BCUT2D eigenvalue weighted by molar-refractivity contribution is 0.583. The summed E-state index contributed by atoms with van der Waals surface area (Å²) in [7, 11) is -3.44. The summed E-state index contributed by atoms with van der Waals surface area (Å²) in [6.07, 6.45) is 2.60. The highest BCUT2D eigenvalue weighted by molar-refractivity contribution is 7.91. The van der Waals surface area contributed by atoms with Crippen molar-refractivity contribution < 1.29 is 8.42 Å². The van der Waals surface area contributed by atoms with Crippen molar-refractivity contribution >= 4 is 32.7 Å². The molecule has 2 aromatic heterocycles. The van der Waals surface area contributed by atoms with Gasteiger partial charge in [0.15, 0.2) is 0 Å². The number of thiophene rings is 1. The van der Waals surface area contributed by atoms with Gasteiger partial charge in [-0.15, -0.1) is 22.7 Å². The topological polar surface area (TPSA) is 71.1 Å². The number of nitrogens with zero attached hydrogens (tertiary/aromatic N) is 1. The van der Waals surface area contributed by atoms with Crippen molar-refractivity contribution in [3.8, 4) is 0 Å². The van der Waals surface area contributed by atoms with Gasteiger partial charge in [0.05, 0.1) is 6.54 Å². The van der Waals surface area contributed by atoms with Crippen molar-refractivity contribution in [3.63, 3.8) is 0 Å². The van der Waals surface area contributed by atoms with Crippen LogP contribution in [0.1, 0.15) is 21.7 Å². The summed E-state index contributed by atoms with van der Waals surface area (Å²) in [5, 5.41) is 4.01. The summed E-state index contributed by atoms with van der Waals surface area (Å²) < 4.78 is 27.4. The molecule has 8 heteroatoms. The van der Waals surface area contributed by atoms with Crippen LogP contribution in [-0.2, 0) is 23.0 Å². The third-order valence-electron chi connectivity index (χ3n) is 2.78. The molecule has 2 rings (SSSR count). The highest BCUT2D eigenvalue weighted by atomic mass is 32.2. The summed E-state index contributed by atoms with van der Waals surface area (Å²) in [5.41, 5.74) is 0. The molecule has 0 aliphatic heterocycles. The van der Waals surface area contributed by atoms with Crippen molar-refractivity contribution in [1.82, 2.24) is 15.0 Å². The Morgan fingerprint density at radius 1 is 1.29 bits per heavy atom. The first-order valence-electron chi connectivity index (χ1n) is 6.71. The molecule has 0 aliphatic rings. The van der Waals surface area contributed by atoms with Crippen LogP contribution in [0.4, 0.5) is 0 Å². The molecule has 0 saturated carbocycles. The maximum atomic E-state index is 12.2. The van der Waals surface area contributed by atoms with Crippen LogP contribution in [0.15, 0.2) is 22.5 Å². The van der Waals surface area contributed by atoms with Gasteiger partial charge in [-0.2, -0.15) is 0 Å². The van der Waals surface area contributed by atoms with Crippen molar-refractivity contribution in [2.75, 3.05) is 13.1 Å². The number of sulfonamides is 1. The fraction of sp³-hybridized carbons (Fsp3) is 0.462. The summed E-state index contributed by atoms with van der Waals surface area (Å²) >= 11 is 2.82. The van der Waals surface area contributed by atoms with E-state index in [1.807, 2.05) is 13.0 Å². The van der Waals surface area contributed by atoms with Crippen LogP contribution in [0.5, 0.6) is 0 Å². The minimum Gasteiger partial charge on any atom is -0.317 e. The van der Waals surface area contributed by atoms with Crippen LogP contribution < -0.4 is 10.0 Å². The molecule has 2 N–H and O–H groups in total. The molecule has 0 bridgehead atoms. The normalized spacial score (nSPS) is 11.9. The number of hydrogen-bond acceptors (Lipinski definition) is 6. The van der Waals surface area contributed by atoms with Crippen LogP contribution in [0.25, 0.3) is 0 Å². The first-order chi connectivity index (χ1) is 10.0. The molecule has 0 amide bonds. The van der Waals surface area contributed by atoms with Gasteiger partial charge in [-0.1, -0.05) is 6.92 Å². The average molecular weight is 346 g/mol. The van der Waals surface area contributed by atoms with Gasteiger partial charge in [-0.3, -0.25) is 0 Å². The molecule has 2 aromatic rings. The zero-order chi connectivity index (χ0) is 15.3. The lowest BCUT2D eigenvalue weighted by atomic mass is 10.3. The Labute approximate surface area is 133 Å². The molecule has 0 spiro atoms. The molecular formula is C13H19N3O2S3. The van der Waals surface area contributed by atoms with Crippen molar-refractivity contribution in [2.45, 2.75) is 31.0 Å². The van der Waals surface area contributed by atoms with E-state index >= 15 is 0 Å². The van der Waals surface area contributed by atoms with Crippen LogP contribution >= 0.6 is 22.7 Å². The predicted molar refractivity (Wildman–Crippen MR) is 87.4 cm³/mol. The Kier molecular flexibility index (Phi) is 5.88. The lowest BCUT2D eigenvalue weighted by Gasteiger charge is -2.02. The number of thiazole rings is 1. The minimum absolute atomic E-state index is 0.242. The first-order valence-corrected chi connectivity index (χ1v) is 9.83. The van der Waals surface area contributed by atoms with E-state index in [-0.39, 0.29) is 6.54 Å². The van der Waals surface area contributed by atoms with E-state index in [1.165, 1.54) is 22.7 Å². The Hall–Kier alpha value is -0.800.